The quantitative estimate of drug-likeness (QED) is 0.207. The molecule has 7 nitrogen and oxygen atoms in total. The Bertz CT molecular complexity index is 1520. The molecule has 0 fully saturated rings. The molecule has 0 unspecified atom stereocenters. The van der Waals surface area contributed by atoms with Crippen molar-refractivity contribution in [3.8, 4) is 11.4 Å². The molecule has 0 aliphatic heterocycles. The molecule has 0 spiro atoms. The highest BCUT2D eigenvalue weighted by atomic mass is 16.5. The molecule has 0 saturated heterocycles. The Morgan fingerprint density at radius 1 is 0.872 bits per heavy atom. The van der Waals surface area contributed by atoms with E-state index >= 15 is 0 Å². The number of hydrogen-bond donors (Lipinski definition) is 2. The Labute approximate surface area is 228 Å². The molecule has 0 bridgehead atoms. The number of pyridine rings is 1. The topological polar surface area (TPSA) is 83.1 Å². The third-order valence-corrected chi connectivity index (χ3v) is 6.62. The molecule has 198 valence electrons. The lowest BCUT2D eigenvalue weighted by molar-refractivity contribution is 0.168. The largest absolute Gasteiger partial charge is 0.450 e. The van der Waals surface area contributed by atoms with Crippen molar-refractivity contribution in [2.75, 3.05) is 23.4 Å². The van der Waals surface area contributed by atoms with E-state index in [0.29, 0.717) is 18.2 Å². The summed E-state index contributed by atoms with van der Waals surface area (Å²) in [6, 6.07) is 30.9. The molecular formula is C32H33N5O2. The summed E-state index contributed by atoms with van der Waals surface area (Å²) in [5, 5.41) is 2.79. The number of benzene rings is 3. The van der Waals surface area contributed by atoms with E-state index in [1.807, 2.05) is 30.3 Å². The number of aromatic nitrogens is 3. The molecule has 2 aromatic heterocycles. The predicted octanol–water partition coefficient (Wildman–Crippen LogP) is 7.01. The fourth-order valence-electron chi connectivity index (χ4n) is 4.56. The van der Waals surface area contributed by atoms with Crippen molar-refractivity contribution in [1.82, 2.24) is 15.0 Å². The predicted molar refractivity (Wildman–Crippen MR) is 157 cm³/mol. The molecule has 0 atom stereocenters. The molecule has 0 radical (unpaired) electrons. The summed E-state index contributed by atoms with van der Waals surface area (Å²) in [5.41, 5.74) is 6.21. The lowest BCUT2D eigenvalue weighted by Gasteiger charge is -2.25. The molecule has 0 aliphatic carbocycles. The third kappa shape index (κ3) is 6.44. The number of carbonyl (C=O) groups excluding carboxylic acids is 1. The number of hydrogen-bond acceptors (Lipinski definition) is 5. The zero-order valence-corrected chi connectivity index (χ0v) is 22.4. The van der Waals surface area contributed by atoms with Gasteiger partial charge in [0.05, 0.1) is 12.1 Å². The lowest BCUT2D eigenvalue weighted by atomic mass is 10.1. The van der Waals surface area contributed by atoms with Crippen LogP contribution in [0.2, 0.25) is 0 Å². The van der Waals surface area contributed by atoms with Crippen molar-refractivity contribution in [3.63, 3.8) is 0 Å². The number of H-pyrrole nitrogens is 1. The fourth-order valence-corrected chi connectivity index (χ4v) is 4.56. The van der Waals surface area contributed by atoms with E-state index in [1.165, 1.54) is 11.1 Å². The van der Waals surface area contributed by atoms with Crippen molar-refractivity contribution in [3.05, 3.63) is 108 Å². The summed E-state index contributed by atoms with van der Waals surface area (Å²) >= 11 is 0. The smallest absolute Gasteiger partial charge is 0.412 e. The minimum Gasteiger partial charge on any atom is -0.450 e. The van der Waals surface area contributed by atoms with Gasteiger partial charge >= 0.3 is 6.09 Å². The maximum absolute atomic E-state index is 12.3. The number of carbonyl (C=O) groups is 1. The molecule has 2 heterocycles. The summed E-state index contributed by atoms with van der Waals surface area (Å²) in [6.45, 7) is 5.56. The molecule has 5 rings (SSSR count). The molecule has 2 N–H and O–H groups in total. The molecule has 5 aromatic rings. The molecule has 0 saturated carbocycles. The van der Waals surface area contributed by atoms with Gasteiger partial charge in [-0.15, -0.1) is 0 Å². The minimum atomic E-state index is -0.538. The van der Waals surface area contributed by atoms with Crippen LogP contribution in [0.5, 0.6) is 0 Å². The lowest BCUT2D eigenvalue weighted by Crippen LogP contribution is -2.27. The van der Waals surface area contributed by atoms with E-state index in [-0.39, 0.29) is 6.61 Å². The van der Waals surface area contributed by atoms with Crippen molar-refractivity contribution < 1.29 is 9.53 Å². The number of aromatic amines is 1. The van der Waals surface area contributed by atoms with Crippen molar-refractivity contribution in [2.45, 2.75) is 33.2 Å². The van der Waals surface area contributed by atoms with Crippen molar-refractivity contribution >= 4 is 28.8 Å². The number of amides is 1. The van der Waals surface area contributed by atoms with Gasteiger partial charge < -0.3 is 14.6 Å². The summed E-state index contributed by atoms with van der Waals surface area (Å²) in [5.74, 6) is 1.86. The van der Waals surface area contributed by atoms with Crippen LogP contribution < -0.4 is 10.2 Å². The Balaban J connectivity index is 1.58. The third-order valence-electron chi connectivity index (χ3n) is 6.62. The molecule has 39 heavy (non-hydrogen) atoms. The summed E-state index contributed by atoms with van der Waals surface area (Å²) in [4.78, 5) is 27.9. The van der Waals surface area contributed by atoms with Crippen LogP contribution in [0.1, 0.15) is 30.5 Å². The van der Waals surface area contributed by atoms with Gasteiger partial charge in [0.25, 0.3) is 0 Å². The maximum atomic E-state index is 12.3. The molecule has 1 amide bonds. The van der Waals surface area contributed by atoms with Gasteiger partial charge in [0, 0.05) is 24.7 Å². The van der Waals surface area contributed by atoms with E-state index in [0.717, 1.165) is 47.4 Å². The van der Waals surface area contributed by atoms with E-state index < -0.39 is 6.09 Å². The second-order valence-corrected chi connectivity index (χ2v) is 9.35. The van der Waals surface area contributed by atoms with Crippen LogP contribution in [0, 0.1) is 0 Å². The van der Waals surface area contributed by atoms with Gasteiger partial charge in [-0.3, -0.25) is 5.32 Å². The zero-order chi connectivity index (χ0) is 27.0. The number of fused-ring (bicyclic) bond motifs is 1. The average Bonchev–Trinajstić information content (AvgIpc) is 3.40. The standard InChI is InChI=1S/C32H33N5O2/c1-3-23-15-17-26(18-16-23)30-33-27-21-28(35-32(38)39-4-2)34-31(29(27)36-30)37(22-25-13-9-6-10-14-25)20-19-24-11-7-5-8-12-24/h5-18,21H,3-4,19-20,22H2,1-2H3,(H,33,36)(H,34,35,38). The highest BCUT2D eigenvalue weighted by Gasteiger charge is 2.19. The number of nitrogens with zero attached hydrogens (tertiary/aromatic N) is 3. The first kappa shape index (κ1) is 26.0. The van der Waals surface area contributed by atoms with Crippen LogP contribution in [0.15, 0.2) is 91.0 Å². The molecule has 0 aliphatic rings. The second-order valence-electron chi connectivity index (χ2n) is 9.35. The number of ether oxygens (including phenoxy) is 1. The molecule has 7 heteroatoms. The Kier molecular flexibility index (Phi) is 8.17. The van der Waals surface area contributed by atoms with Crippen LogP contribution in [-0.2, 0) is 24.1 Å². The van der Waals surface area contributed by atoms with Crippen LogP contribution in [-0.4, -0.2) is 34.2 Å². The first-order valence-corrected chi connectivity index (χ1v) is 13.4. The van der Waals surface area contributed by atoms with Gasteiger partial charge in [-0.05, 0) is 36.5 Å². The fraction of sp³-hybridized carbons (Fsp3) is 0.219. The monoisotopic (exact) mass is 519 g/mol. The second kappa shape index (κ2) is 12.3. The number of anilines is 2. The summed E-state index contributed by atoms with van der Waals surface area (Å²) < 4.78 is 5.13. The van der Waals surface area contributed by atoms with Crippen LogP contribution >= 0.6 is 0 Å². The molecule has 3 aromatic carbocycles. The highest BCUT2D eigenvalue weighted by molar-refractivity contribution is 5.93. The number of imidazole rings is 1. The van der Waals surface area contributed by atoms with E-state index in [4.69, 9.17) is 14.7 Å². The van der Waals surface area contributed by atoms with Gasteiger partial charge in [0.1, 0.15) is 17.2 Å². The van der Waals surface area contributed by atoms with Gasteiger partial charge in [0.15, 0.2) is 5.82 Å². The van der Waals surface area contributed by atoms with E-state index in [1.54, 1.807) is 6.92 Å². The number of aryl methyl sites for hydroxylation is 1. The van der Waals surface area contributed by atoms with Gasteiger partial charge in [-0.25, -0.2) is 14.8 Å². The zero-order valence-electron chi connectivity index (χ0n) is 22.4. The van der Waals surface area contributed by atoms with Gasteiger partial charge in [0.2, 0.25) is 0 Å². The Morgan fingerprint density at radius 3 is 2.23 bits per heavy atom. The van der Waals surface area contributed by atoms with Gasteiger partial charge in [-0.1, -0.05) is 91.9 Å². The first-order chi connectivity index (χ1) is 19.1. The van der Waals surface area contributed by atoms with Crippen molar-refractivity contribution in [1.29, 1.82) is 0 Å². The molecular weight excluding hydrogens is 486 g/mol. The van der Waals surface area contributed by atoms with E-state index in [2.05, 4.69) is 82.8 Å². The van der Waals surface area contributed by atoms with Crippen LogP contribution in [0.3, 0.4) is 0 Å². The summed E-state index contributed by atoms with van der Waals surface area (Å²) in [7, 11) is 0. The first-order valence-electron chi connectivity index (χ1n) is 13.4. The maximum Gasteiger partial charge on any atom is 0.412 e. The van der Waals surface area contributed by atoms with E-state index in [9.17, 15) is 4.79 Å². The highest BCUT2D eigenvalue weighted by Crippen LogP contribution is 2.31. The van der Waals surface area contributed by atoms with Crippen LogP contribution in [0.4, 0.5) is 16.4 Å². The average molecular weight is 520 g/mol. The normalized spacial score (nSPS) is 10.9. The Hall–Kier alpha value is -4.65. The van der Waals surface area contributed by atoms with Crippen LogP contribution in [0.25, 0.3) is 22.4 Å². The minimum absolute atomic E-state index is 0.278. The van der Waals surface area contributed by atoms with Crippen molar-refractivity contribution in [2.24, 2.45) is 0 Å². The SMILES string of the molecule is CCOC(=O)Nc1cc2[nH]c(-c3ccc(CC)cc3)nc2c(N(CCc2ccccc2)Cc2ccccc2)n1. The Morgan fingerprint density at radius 2 is 1.56 bits per heavy atom. The number of nitrogens with one attached hydrogen (secondary N) is 2. The number of rotatable bonds is 10. The van der Waals surface area contributed by atoms with Gasteiger partial charge in [-0.2, -0.15) is 0 Å². The summed E-state index contributed by atoms with van der Waals surface area (Å²) in [6.07, 6.45) is 1.28.